The van der Waals surface area contributed by atoms with Crippen molar-refractivity contribution < 1.29 is 18.6 Å². The largest absolute Gasteiger partial charge is 0.394 e. The maximum Gasteiger partial charge on any atom is 0.266 e. The summed E-state index contributed by atoms with van der Waals surface area (Å²) in [7, 11) is 0. The van der Waals surface area contributed by atoms with Crippen molar-refractivity contribution in [1.82, 2.24) is 19.3 Å². The van der Waals surface area contributed by atoms with Gasteiger partial charge in [-0.05, 0) is 24.6 Å². The van der Waals surface area contributed by atoms with E-state index in [9.17, 15) is 18.7 Å². The average Bonchev–Trinajstić information content (AvgIpc) is 3.46. The summed E-state index contributed by atoms with van der Waals surface area (Å²) in [6.45, 7) is 0.545. The third-order valence-electron chi connectivity index (χ3n) is 5.97. The molecule has 0 aliphatic carbocycles. The molecule has 0 unspecified atom stereocenters. The van der Waals surface area contributed by atoms with Crippen LogP contribution in [0.15, 0.2) is 53.7 Å². The maximum atomic E-state index is 14.1. The van der Waals surface area contributed by atoms with E-state index in [1.165, 1.54) is 46.0 Å². The van der Waals surface area contributed by atoms with Gasteiger partial charge < -0.3 is 15.2 Å². The Kier molecular flexibility index (Phi) is 5.80. The molecule has 1 atom stereocenters. The fraction of sp³-hybridized carbons (Fsp3) is 0.261. The van der Waals surface area contributed by atoms with E-state index in [0.29, 0.717) is 36.7 Å². The molecular weight excluding hydrogens is 468 g/mol. The van der Waals surface area contributed by atoms with E-state index in [4.69, 9.17) is 16.3 Å². The number of hydrogen-bond acceptors (Lipinski definition) is 6. The first-order valence-electron chi connectivity index (χ1n) is 10.5. The SMILES string of the molecule is O=c1c2cnn(Cc3c(F)cccc3F)c2ccn1-c1cc(N[C@]2(CO)CCOC2)ncc1Cl. The molecule has 4 heterocycles. The molecule has 0 amide bonds. The van der Waals surface area contributed by atoms with Gasteiger partial charge in [-0.15, -0.1) is 0 Å². The van der Waals surface area contributed by atoms with Crippen LogP contribution >= 0.6 is 11.6 Å². The van der Waals surface area contributed by atoms with Gasteiger partial charge in [0.05, 0.1) is 59.3 Å². The van der Waals surface area contributed by atoms with Crippen molar-refractivity contribution in [3.05, 3.63) is 81.5 Å². The Balaban J connectivity index is 1.52. The first-order valence-corrected chi connectivity index (χ1v) is 10.9. The van der Waals surface area contributed by atoms with Gasteiger partial charge in [0, 0.05) is 24.4 Å². The molecule has 0 spiro atoms. The van der Waals surface area contributed by atoms with Gasteiger partial charge in [0.25, 0.3) is 5.56 Å². The van der Waals surface area contributed by atoms with Crippen LogP contribution in [0.1, 0.15) is 12.0 Å². The molecule has 11 heteroatoms. The average molecular weight is 488 g/mol. The fourth-order valence-electron chi connectivity index (χ4n) is 4.05. The minimum absolute atomic E-state index is 0.139. The van der Waals surface area contributed by atoms with Crippen LogP contribution in [-0.4, -0.2) is 49.8 Å². The number of ether oxygens (including phenoxy) is 1. The molecule has 1 aromatic carbocycles. The third kappa shape index (κ3) is 3.93. The number of nitrogens with one attached hydrogen (secondary N) is 1. The number of hydrogen-bond donors (Lipinski definition) is 2. The minimum atomic E-state index is -0.686. The highest BCUT2D eigenvalue weighted by molar-refractivity contribution is 6.32. The fourth-order valence-corrected chi connectivity index (χ4v) is 4.24. The van der Waals surface area contributed by atoms with Crippen LogP contribution in [0.25, 0.3) is 16.6 Å². The molecular formula is C23H20ClF2N5O3. The van der Waals surface area contributed by atoms with Crippen molar-refractivity contribution in [2.45, 2.75) is 18.5 Å². The Morgan fingerprint density at radius 2 is 2.03 bits per heavy atom. The number of aromatic nitrogens is 4. The molecule has 4 aromatic rings. The van der Waals surface area contributed by atoms with Crippen LogP contribution in [0, 0.1) is 11.6 Å². The Morgan fingerprint density at radius 1 is 1.24 bits per heavy atom. The molecule has 0 saturated carbocycles. The normalized spacial score (nSPS) is 18.0. The van der Waals surface area contributed by atoms with Crippen molar-refractivity contribution in [3.8, 4) is 5.69 Å². The van der Waals surface area contributed by atoms with Crippen LogP contribution in [0.4, 0.5) is 14.6 Å². The third-order valence-corrected chi connectivity index (χ3v) is 6.27. The second-order valence-corrected chi connectivity index (χ2v) is 8.59. The highest BCUT2D eigenvalue weighted by Crippen LogP contribution is 2.27. The van der Waals surface area contributed by atoms with Gasteiger partial charge in [-0.25, -0.2) is 13.8 Å². The molecule has 0 radical (unpaired) electrons. The molecule has 1 aliphatic heterocycles. The van der Waals surface area contributed by atoms with Gasteiger partial charge in [0.1, 0.15) is 17.5 Å². The molecule has 3 aromatic heterocycles. The zero-order valence-electron chi connectivity index (χ0n) is 17.8. The van der Waals surface area contributed by atoms with E-state index < -0.39 is 22.7 Å². The lowest BCUT2D eigenvalue weighted by Crippen LogP contribution is -2.43. The summed E-state index contributed by atoms with van der Waals surface area (Å²) in [5.74, 6) is -0.945. The zero-order valence-corrected chi connectivity index (χ0v) is 18.6. The van der Waals surface area contributed by atoms with E-state index in [0.717, 1.165) is 0 Å². The first kappa shape index (κ1) is 22.5. The van der Waals surface area contributed by atoms with Crippen molar-refractivity contribution in [1.29, 1.82) is 0 Å². The monoisotopic (exact) mass is 487 g/mol. The second-order valence-electron chi connectivity index (χ2n) is 8.18. The lowest BCUT2D eigenvalue weighted by Gasteiger charge is -2.27. The number of anilines is 1. The van der Waals surface area contributed by atoms with Gasteiger partial charge in [0.2, 0.25) is 0 Å². The lowest BCUT2D eigenvalue weighted by molar-refractivity contribution is 0.152. The summed E-state index contributed by atoms with van der Waals surface area (Å²) in [4.78, 5) is 17.5. The molecule has 1 saturated heterocycles. The van der Waals surface area contributed by atoms with Crippen molar-refractivity contribution in [3.63, 3.8) is 0 Å². The van der Waals surface area contributed by atoms with Crippen molar-refractivity contribution >= 4 is 28.3 Å². The Labute approximate surface area is 197 Å². The Bertz CT molecular complexity index is 1410. The Hall–Kier alpha value is -3.34. The standard InChI is InChI=1S/C23H20ClF2N5O3/c24-16-10-27-21(29-23(12-32)5-7-34-13-23)8-20(16)30-6-4-19-14(22(30)33)9-28-31(19)11-15-17(25)2-1-3-18(15)26/h1-4,6,8-10,32H,5,7,11-13H2,(H,27,29)/t23-/m0/s1. The molecule has 2 N–H and O–H groups in total. The smallest absolute Gasteiger partial charge is 0.266 e. The van der Waals surface area contributed by atoms with Crippen LogP contribution < -0.4 is 10.9 Å². The molecule has 1 fully saturated rings. The summed E-state index contributed by atoms with van der Waals surface area (Å²) < 4.78 is 36.3. The molecule has 0 bridgehead atoms. The van der Waals surface area contributed by atoms with Crippen molar-refractivity contribution in [2.24, 2.45) is 0 Å². The van der Waals surface area contributed by atoms with Gasteiger partial charge in [0.15, 0.2) is 0 Å². The molecule has 1 aliphatic rings. The number of aliphatic hydroxyl groups excluding tert-OH is 1. The van der Waals surface area contributed by atoms with E-state index >= 15 is 0 Å². The van der Waals surface area contributed by atoms with E-state index in [1.807, 2.05) is 0 Å². The number of aliphatic hydroxyl groups is 1. The number of benzene rings is 1. The highest BCUT2D eigenvalue weighted by Gasteiger charge is 2.34. The number of nitrogens with zero attached hydrogens (tertiary/aromatic N) is 4. The summed E-state index contributed by atoms with van der Waals surface area (Å²) in [5.41, 5.74) is -0.396. The van der Waals surface area contributed by atoms with Crippen LogP contribution in [0.3, 0.4) is 0 Å². The second kappa shape index (κ2) is 8.79. The highest BCUT2D eigenvalue weighted by atomic mass is 35.5. The summed E-state index contributed by atoms with van der Waals surface area (Å²) in [5, 5.41) is 17.7. The summed E-state index contributed by atoms with van der Waals surface area (Å²) in [6.07, 6.45) is 4.90. The van der Waals surface area contributed by atoms with Gasteiger partial charge >= 0.3 is 0 Å². The first-order chi connectivity index (χ1) is 16.4. The van der Waals surface area contributed by atoms with E-state index in [-0.39, 0.29) is 29.1 Å². The summed E-state index contributed by atoms with van der Waals surface area (Å²) >= 11 is 6.36. The predicted molar refractivity (Wildman–Crippen MR) is 122 cm³/mol. The van der Waals surface area contributed by atoms with E-state index in [2.05, 4.69) is 15.4 Å². The number of halogens is 3. The minimum Gasteiger partial charge on any atom is -0.394 e. The quantitative estimate of drug-likeness (QED) is 0.434. The number of fused-ring (bicyclic) bond motifs is 1. The topological polar surface area (TPSA) is 94.2 Å². The molecule has 5 rings (SSSR count). The molecule has 176 valence electrons. The predicted octanol–water partition coefficient (Wildman–Crippen LogP) is 3.13. The number of pyridine rings is 2. The lowest BCUT2D eigenvalue weighted by atomic mass is 10.0. The van der Waals surface area contributed by atoms with Crippen LogP contribution in [0.5, 0.6) is 0 Å². The van der Waals surface area contributed by atoms with E-state index in [1.54, 1.807) is 12.1 Å². The van der Waals surface area contributed by atoms with Gasteiger partial charge in [-0.2, -0.15) is 5.10 Å². The van der Waals surface area contributed by atoms with Gasteiger partial charge in [-0.3, -0.25) is 14.0 Å². The number of rotatable bonds is 6. The van der Waals surface area contributed by atoms with Gasteiger partial charge in [-0.1, -0.05) is 17.7 Å². The van der Waals surface area contributed by atoms with Crippen molar-refractivity contribution in [2.75, 3.05) is 25.1 Å². The maximum absolute atomic E-state index is 14.1. The van der Waals surface area contributed by atoms with Crippen LogP contribution in [-0.2, 0) is 11.3 Å². The van der Waals surface area contributed by atoms with Crippen LogP contribution in [0.2, 0.25) is 5.02 Å². The molecule has 8 nitrogen and oxygen atoms in total. The Morgan fingerprint density at radius 3 is 2.74 bits per heavy atom. The summed E-state index contributed by atoms with van der Waals surface area (Å²) in [6, 6.07) is 6.88. The molecule has 34 heavy (non-hydrogen) atoms. The zero-order chi connectivity index (χ0) is 23.9.